The van der Waals surface area contributed by atoms with Crippen LogP contribution < -0.4 is 10.9 Å². The molecule has 18 heavy (non-hydrogen) atoms. The molecule has 5 heteroatoms. The highest BCUT2D eigenvalue weighted by atomic mass is 32.1. The topological polar surface area (TPSA) is 49.8 Å². The maximum absolute atomic E-state index is 12.3. The van der Waals surface area contributed by atoms with Crippen molar-refractivity contribution in [2.24, 2.45) is 0 Å². The minimum absolute atomic E-state index is 0.0207. The summed E-state index contributed by atoms with van der Waals surface area (Å²) in [6.45, 7) is 4.42. The Morgan fingerprint density at radius 1 is 1.33 bits per heavy atom. The molecule has 0 spiro atoms. The third-order valence-electron chi connectivity index (χ3n) is 2.83. The van der Waals surface area contributed by atoms with Crippen LogP contribution in [0.15, 0.2) is 29.1 Å². The van der Waals surface area contributed by atoms with Crippen LogP contribution in [-0.2, 0) is 6.54 Å². The van der Waals surface area contributed by atoms with Crippen LogP contribution in [0.25, 0.3) is 10.9 Å². The Bertz CT molecular complexity index is 644. The van der Waals surface area contributed by atoms with E-state index in [-0.39, 0.29) is 5.56 Å². The first-order valence-electron chi connectivity index (χ1n) is 6.16. The number of H-pyrrole nitrogens is 1. The van der Waals surface area contributed by atoms with E-state index >= 15 is 0 Å². The van der Waals surface area contributed by atoms with Crippen LogP contribution >= 0.6 is 12.2 Å². The molecule has 0 aliphatic rings. The molecule has 0 bridgehead atoms. The Morgan fingerprint density at radius 3 is 2.89 bits per heavy atom. The average molecular weight is 263 g/mol. The Kier molecular flexibility index (Phi) is 4.28. The van der Waals surface area contributed by atoms with E-state index in [2.05, 4.69) is 17.2 Å². The lowest BCUT2D eigenvalue weighted by molar-refractivity contribution is 0.574. The van der Waals surface area contributed by atoms with Gasteiger partial charge >= 0.3 is 0 Å². The lowest BCUT2D eigenvalue weighted by atomic mass is 10.2. The van der Waals surface area contributed by atoms with Crippen LogP contribution in [0.1, 0.15) is 13.3 Å². The molecule has 0 unspecified atom stereocenters. The number of nitrogens with zero attached hydrogens (tertiary/aromatic N) is 1. The van der Waals surface area contributed by atoms with E-state index in [9.17, 15) is 4.79 Å². The summed E-state index contributed by atoms with van der Waals surface area (Å²) in [5.74, 6) is 0. The normalized spacial score (nSPS) is 10.9. The summed E-state index contributed by atoms with van der Waals surface area (Å²) in [5, 5.41) is 3.95. The lowest BCUT2D eigenvalue weighted by Crippen LogP contribution is -2.28. The quantitative estimate of drug-likeness (QED) is 0.641. The molecular weight excluding hydrogens is 246 g/mol. The summed E-state index contributed by atoms with van der Waals surface area (Å²) >= 11 is 5.22. The highest BCUT2D eigenvalue weighted by Gasteiger charge is 2.04. The van der Waals surface area contributed by atoms with E-state index in [0.29, 0.717) is 16.7 Å². The second kappa shape index (κ2) is 5.93. The van der Waals surface area contributed by atoms with E-state index in [1.165, 1.54) is 0 Å². The van der Waals surface area contributed by atoms with Gasteiger partial charge in [0.05, 0.1) is 10.9 Å². The van der Waals surface area contributed by atoms with Crippen molar-refractivity contribution in [3.63, 3.8) is 0 Å². The predicted molar refractivity (Wildman–Crippen MR) is 76.6 cm³/mol. The van der Waals surface area contributed by atoms with Crippen molar-refractivity contribution in [2.45, 2.75) is 19.9 Å². The second-order valence-corrected chi connectivity index (χ2v) is 4.57. The van der Waals surface area contributed by atoms with Crippen molar-refractivity contribution in [3.8, 4) is 0 Å². The summed E-state index contributed by atoms with van der Waals surface area (Å²) in [4.78, 5) is 15.4. The standard InChI is InChI=1S/C13H17N3OS/c1-2-7-14-8-9-16-12(17)10-5-3-4-6-11(10)15-13(16)18/h3-6,14H,2,7-9H2,1H3,(H,15,18). The van der Waals surface area contributed by atoms with Crippen LogP contribution in [0, 0.1) is 4.77 Å². The molecule has 0 radical (unpaired) electrons. The summed E-state index contributed by atoms with van der Waals surface area (Å²) in [7, 11) is 0. The predicted octanol–water partition coefficient (Wildman–Crippen LogP) is 2.06. The van der Waals surface area contributed by atoms with Gasteiger partial charge in [-0.1, -0.05) is 19.1 Å². The Labute approximate surface area is 111 Å². The molecule has 4 nitrogen and oxygen atoms in total. The van der Waals surface area contributed by atoms with E-state index in [1.807, 2.05) is 24.3 Å². The lowest BCUT2D eigenvalue weighted by Gasteiger charge is -2.08. The molecule has 0 fully saturated rings. The fraction of sp³-hybridized carbons (Fsp3) is 0.385. The molecule has 0 aliphatic heterocycles. The van der Waals surface area contributed by atoms with Crippen molar-refractivity contribution in [3.05, 3.63) is 39.4 Å². The molecular formula is C13H17N3OS. The Balaban J connectivity index is 2.33. The molecule has 1 aromatic carbocycles. The van der Waals surface area contributed by atoms with E-state index < -0.39 is 0 Å². The van der Waals surface area contributed by atoms with Crippen LogP contribution in [0.4, 0.5) is 0 Å². The van der Waals surface area contributed by atoms with Gasteiger partial charge < -0.3 is 10.3 Å². The van der Waals surface area contributed by atoms with E-state index in [0.717, 1.165) is 25.0 Å². The van der Waals surface area contributed by atoms with Gasteiger partial charge in [0.1, 0.15) is 0 Å². The summed E-state index contributed by atoms with van der Waals surface area (Å²) in [5.41, 5.74) is 0.776. The van der Waals surface area contributed by atoms with Gasteiger partial charge in [0.15, 0.2) is 4.77 Å². The molecule has 0 amide bonds. The van der Waals surface area contributed by atoms with Crippen LogP contribution in [0.3, 0.4) is 0 Å². The monoisotopic (exact) mass is 263 g/mol. The van der Waals surface area contributed by atoms with Gasteiger partial charge in [-0.05, 0) is 37.3 Å². The summed E-state index contributed by atoms with van der Waals surface area (Å²) < 4.78 is 2.09. The fourth-order valence-electron chi connectivity index (χ4n) is 1.89. The zero-order valence-electron chi connectivity index (χ0n) is 10.4. The molecule has 1 heterocycles. The second-order valence-electron chi connectivity index (χ2n) is 4.18. The molecule has 0 aliphatic carbocycles. The van der Waals surface area contributed by atoms with Crippen LogP contribution in [0.2, 0.25) is 0 Å². The number of aromatic nitrogens is 2. The first-order chi connectivity index (χ1) is 8.74. The third-order valence-corrected chi connectivity index (χ3v) is 3.15. The fourth-order valence-corrected chi connectivity index (χ4v) is 2.18. The molecule has 2 aromatic rings. The summed E-state index contributed by atoms with van der Waals surface area (Å²) in [6, 6.07) is 7.44. The van der Waals surface area contributed by atoms with Crippen molar-refractivity contribution >= 4 is 23.1 Å². The average Bonchev–Trinajstić information content (AvgIpc) is 2.38. The van der Waals surface area contributed by atoms with Gasteiger partial charge in [-0.2, -0.15) is 0 Å². The van der Waals surface area contributed by atoms with Gasteiger partial charge in [-0.3, -0.25) is 9.36 Å². The number of rotatable bonds is 5. The Morgan fingerprint density at radius 2 is 2.11 bits per heavy atom. The molecule has 0 saturated carbocycles. The number of nitrogens with one attached hydrogen (secondary N) is 2. The van der Waals surface area contributed by atoms with Gasteiger partial charge in [-0.15, -0.1) is 0 Å². The van der Waals surface area contributed by atoms with E-state index in [1.54, 1.807) is 4.57 Å². The Hall–Kier alpha value is -1.46. The van der Waals surface area contributed by atoms with Gasteiger partial charge in [-0.25, -0.2) is 0 Å². The molecule has 0 saturated heterocycles. The van der Waals surface area contributed by atoms with Crippen molar-refractivity contribution in [1.29, 1.82) is 0 Å². The number of hydrogen-bond donors (Lipinski definition) is 2. The number of hydrogen-bond acceptors (Lipinski definition) is 3. The summed E-state index contributed by atoms with van der Waals surface area (Å²) in [6.07, 6.45) is 1.08. The SMILES string of the molecule is CCCNCCn1c(=S)[nH]c2ccccc2c1=O. The van der Waals surface area contributed by atoms with Gasteiger partial charge in [0, 0.05) is 13.1 Å². The van der Waals surface area contributed by atoms with Crippen molar-refractivity contribution < 1.29 is 0 Å². The molecule has 96 valence electrons. The maximum atomic E-state index is 12.3. The first kappa shape index (κ1) is 13.0. The molecule has 0 atom stereocenters. The van der Waals surface area contributed by atoms with Gasteiger partial charge in [0.2, 0.25) is 0 Å². The van der Waals surface area contributed by atoms with Crippen LogP contribution in [0.5, 0.6) is 0 Å². The number of aromatic amines is 1. The maximum Gasteiger partial charge on any atom is 0.262 e. The first-order valence-corrected chi connectivity index (χ1v) is 6.57. The third kappa shape index (κ3) is 2.68. The van der Waals surface area contributed by atoms with Gasteiger partial charge in [0.25, 0.3) is 5.56 Å². The smallest absolute Gasteiger partial charge is 0.262 e. The van der Waals surface area contributed by atoms with Crippen LogP contribution in [-0.4, -0.2) is 22.6 Å². The highest BCUT2D eigenvalue weighted by molar-refractivity contribution is 7.71. The van der Waals surface area contributed by atoms with Crippen molar-refractivity contribution in [2.75, 3.05) is 13.1 Å². The minimum atomic E-state index is -0.0207. The zero-order chi connectivity index (χ0) is 13.0. The van der Waals surface area contributed by atoms with Crippen molar-refractivity contribution in [1.82, 2.24) is 14.9 Å². The number of para-hydroxylation sites is 1. The molecule has 1 aromatic heterocycles. The minimum Gasteiger partial charge on any atom is -0.332 e. The number of fused-ring (bicyclic) bond motifs is 1. The zero-order valence-corrected chi connectivity index (χ0v) is 11.2. The largest absolute Gasteiger partial charge is 0.332 e. The van der Waals surface area contributed by atoms with E-state index in [4.69, 9.17) is 12.2 Å². The number of benzene rings is 1. The highest BCUT2D eigenvalue weighted by Crippen LogP contribution is 2.05. The molecule has 2 N–H and O–H groups in total. The molecule has 2 rings (SSSR count).